The van der Waals surface area contributed by atoms with Gasteiger partial charge in [0.25, 0.3) is 0 Å². The standard InChI is InChI=1S/C29H33N3O7S3/c1-19-16-24-27(40(34,35)25-7-5-4-6-23(25)29(24,2)3)18-26(19)41(36,37)31-21-12-14-32(15-13-21)42(38,39)22-10-8-20(9-11-22)17-28(30)33/h4-11,16,18,21,31H,12-15,17H2,1-3H3,(H2,30,33). The lowest BCUT2D eigenvalue weighted by Gasteiger charge is -2.35. The number of nitrogens with two attached hydrogens (primary N) is 1. The van der Waals surface area contributed by atoms with E-state index in [9.17, 15) is 30.0 Å². The number of primary amides is 1. The number of fused-ring (bicyclic) bond motifs is 2. The highest BCUT2D eigenvalue weighted by atomic mass is 32.2. The SMILES string of the molecule is Cc1cc2c(cc1S(=O)(=O)NC1CCN(S(=O)(=O)c3ccc(CC(N)=O)cc3)CC1)S(=O)(=O)c1ccccc1C2(C)C. The van der Waals surface area contributed by atoms with Crippen LogP contribution in [-0.2, 0) is 46.5 Å². The highest BCUT2D eigenvalue weighted by Gasteiger charge is 2.42. The molecule has 0 radical (unpaired) electrons. The summed E-state index contributed by atoms with van der Waals surface area (Å²) in [5.74, 6) is -0.517. The molecular weight excluding hydrogens is 599 g/mol. The molecule has 2 heterocycles. The maximum Gasteiger partial charge on any atom is 0.243 e. The lowest BCUT2D eigenvalue weighted by molar-refractivity contribution is -0.117. The molecule has 0 spiro atoms. The molecule has 0 aromatic heterocycles. The van der Waals surface area contributed by atoms with Crippen LogP contribution in [0.4, 0.5) is 0 Å². The Bertz CT molecular complexity index is 1890. The zero-order valence-corrected chi connectivity index (χ0v) is 25.9. The molecule has 5 rings (SSSR count). The third-order valence-electron chi connectivity index (χ3n) is 8.09. The molecule has 1 saturated heterocycles. The molecule has 1 amide bonds. The fraction of sp³-hybridized carbons (Fsp3) is 0.345. The summed E-state index contributed by atoms with van der Waals surface area (Å²) in [7, 11) is -11.9. The van der Waals surface area contributed by atoms with Gasteiger partial charge in [-0.1, -0.05) is 50.2 Å². The van der Waals surface area contributed by atoms with Crippen molar-refractivity contribution in [2.45, 2.75) is 71.1 Å². The van der Waals surface area contributed by atoms with Crippen molar-refractivity contribution in [2.75, 3.05) is 13.1 Å². The van der Waals surface area contributed by atoms with Crippen molar-refractivity contribution in [1.29, 1.82) is 0 Å². The summed E-state index contributed by atoms with van der Waals surface area (Å²) in [6, 6.07) is 15.0. The molecule has 0 atom stereocenters. The molecule has 224 valence electrons. The zero-order valence-electron chi connectivity index (χ0n) is 23.5. The number of piperidine rings is 1. The van der Waals surface area contributed by atoms with E-state index in [1.165, 1.54) is 22.5 Å². The third-order valence-corrected chi connectivity index (χ3v) is 13.5. The minimum atomic E-state index is -4.13. The summed E-state index contributed by atoms with van der Waals surface area (Å²) in [4.78, 5) is 11.2. The van der Waals surface area contributed by atoms with Crippen LogP contribution in [0.25, 0.3) is 0 Å². The Balaban J connectivity index is 1.35. The molecule has 2 aliphatic heterocycles. The second-order valence-corrected chi connectivity index (χ2v) is 16.8. The van der Waals surface area contributed by atoms with Crippen molar-refractivity contribution in [3.8, 4) is 0 Å². The maximum atomic E-state index is 13.6. The molecule has 42 heavy (non-hydrogen) atoms. The van der Waals surface area contributed by atoms with Gasteiger partial charge in [0, 0.05) is 24.5 Å². The van der Waals surface area contributed by atoms with Crippen LogP contribution in [0.15, 0.2) is 80.2 Å². The van der Waals surface area contributed by atoms with E-state index in [4.69, 9.17) is 5.73 Å². The van der Waals surface area contributed by atoms with Gasteiger partial charge < -0.3 is 5.73 Å². The Labute approximate surface area is 247 Å². The number of sulfone groups is 1. The lowest BCUT2D eigenvalue weighted by Crippen LogP contribution is -2.46. The van der Waals surface area contributed by atoms with Gasteiger partial charge in [-0.05, 0) is 66.3 Å². The van der Waals surface area contributed by atoms with Crippen molar-refractivity contribution in [3.05, 3.63) is 82.9 Å². The molecular formula is C29H33N3O7S3. The van der Waals surface area contributed by atoms with Gasteiger partial charge in [0.15, 0.2) is 0 Å². The molecule has 0 unspecified atom stereocenters. The molecule has 0 aliphatic carbocycles. The number of carbonyl (C=O) groups excluding carboxylic acids is 1. The average Bonchev–Trinajstić information content (AvgIpc) is 2.92. The quantitative estimate of drug-likeness (QED) is 0.405. The average molecular weight is 632 g/mol. The molecule has 0 saturated carbocycles. The van der Waals surface area contributed by atoms with Gasteiger partial charge in [-0.2, -0.15) is 4.31 Å². The lowest BCUT2D eigenvalue weighted by atomic mass is 9.77. The minimum absolute atomic E-state index is 0.00649. The van der Waals surface area contributed by atoms with Gasteiger partial charge in [0.2, 0.25) is 35.8 Å². The number of hydrogen-bond donors (Lipinski definition) is 2. The fourth-order valence-electron chi connectivity index (χ4n) is 5.78. The summed E-state index contributed by atoms with van der Waals surface area (Å²) >= 11 is 0. The van der Waals surface area contributed by atoms with Crippen LogP contribution < -0.4 is 10.5 Å². The van der Waals surface area contributed by atoms with E-state index in [0.717, 1.165) is 0 Å². The number of benzene rings is 3. The summed E-state index contributed by atoms with van der Waals surface area (Å²) in [6.45, 7) is 5.68. The first-order valence-electron chi connectivity index (χ1n) is 13.4. The van der Waals surface area contributed by atoms with Gasteiger partial charge in [0.05, 0.1) is 26.0 Å². The Kier molecular flexibility index (Phi) is 7.63. The number of hydrogen-bond acceptors (Lipinski definition) is 7. The first-order chi connectivity index (χ1) is 19.5. The second-order valence-electron chi connectivity index (χ2n) is 11.3. The summed E-state index contributed by atoms with van der Waals surface area (Å²) in [5.41, 5.74) is 6.77. The minimum Gasteiger partial charge on any atom is -0.369 e. The van der Waals surface area contributed by atoms with Crippen molar-refractivity contribution in [1.82, 2.24) is 9.03 Å². The van der Waals surface area contributed by atoms with E-state index >= 15 is 0 Å². The Morgan fingerprint density at radius 1 is 0.952 bits per heavy atom. The van der Waals surface area contributed by atoms with Crippen LogP contribution in [0, 0.1) is 6.92 Å². The van der Waals surface area contributed by atoms with Gasteiger partial charge in [-0.25, -0.2) is 30.0 Å². The number of rotatable bonds is 7. The van der Waals surface area contributed by atoms with E-state index in [0.29, 0.717) is 22.3 Å². The summed E-state index contributed by atoms with van der Waals surface area (Å²) in [6.07, 6.45) is 0.481. The zero-order chi connectivity index (χ0) is 30.7. The largest absolute Gasteiger partial charge is 0.369 e. The third kappa shape index (κ3) is 5.28. The van der Waals surface area contributed by atoms with Crippen LogP contribution in [0.3, 0.4) is 0 Å². The van der Waals surface area contributed by atoms with Gasteiger partial charge in [0.1, 0.15) is 0 Å². The maximum absolute atomic E-state index is 13.6. The van der Waals surface area contributed by atoms with Crippen molar-refractivity contribution in [2.24, 2.45) is 5.73 Å². The van der Waals surface area contributed by atoms with Crippen molar-refractivity contribution < 1.29 is 30.0 Å². The Hall–Kier alpha value is -3.10. The molecule has 3 aromatic rings. The number of nitrogens with one attached hydrogen (secondary N) is 1. The summed E-state index contributed by atoms with van der Waals surface area (Å²) < 4.78 is 84.6. The normalized spacial score (nSPS) is 18.6. The van der Waals surface area contributed by atoms with E-state index in [-0.39, 0.29) is 51.9 Å². The molecule has 13 heteroatoms. The smallest absolute Gasteiger partial charge is 0.243 e. The molecule has 1 fully saturated rings. The molecule has 10 nitrogen and oxygen atoms in total. The van der Waals surface area contributed by atoms with Crippen LogP contribution in [0.5, 0.6) is 0 Å². The molecule has 3 aromatic carbocycles. The first kappa shape index (κ1) is 30.4. The highest BCUT2D eigenvalue weighted by molar-refractivity contribution is 7.92. The van der Waals surface area contributed by atoms with Gasteiger partial charge in [-0.15, -0.1) is 0 Å². The number of amides is 1. The van der Waals surface area contributed by atoms with Gasteiger partial charge >= 0.3 is 0 Å². The number of carbonyl (C=O) groups is 1. The molecule has 2 aliphatic rings. The van der Waals surface area contributed by atoms with Crippen molar-refractivity contribution >= 4 is 35.8 Å². The fourth-order valence-corrected chi connectivity index (χ4v) is 10.9. The first-order valence-corrected chi connectivity index (χ1v) is 17.9. The molecule has 3 N–H and O–H groups in total. The number of nitrogens with zero attached hydrogens (tertiary/aromatic N) is 1. The predicted molar refractivity (Wildman–Crippen MR) is 157 cm³/mol. The molecule has 0 bridgehead atoms. The van der Waals surface area contributed by atoms with E-state index < -0.39 is 47.2 Å². The van der Waals surface area contributed by atoms with Crippen LogP contribution in [0.1, 0.15) is 48.9 Å². The number of sulfonamides is 2. The van der Waals surface area contributed by atoms with Crippen LogP contribution in [-0.4, -0.2) is 54.6 Å². The predicted octanol–water partition coefficient (Wildman–Crippen LogP) is 2.63. The van der Waals surface area contributed by atoms with E-state index in [1.54, 1.807) is 49.4 Å². The van der Waals surface area contributed by atoms with Crippen LogP contribution in [0.2, 0.25) is 0 Å². The van der Waals surface area contributed by atoms with Crippen LogP contribution >= 0.6 is 0 Å². The van der Waals surface area contributed by atoms with Gasteiger partial charge in [-0.3, -0.25) is 4.79 Å². The topological polar surface area (TPSA) is 161 Å². The summed E-state index contributed by atoms with van der Waals surface area (Å²) in [5, 5.41) is 0. The Morgan fingerprint density at radius 2 is 1.57 bits per heavy atom. The van der Waals surface area contributed by atoms with E-state index in [2.05, 4.69) is 4.72 Å². The van der Waals surface area contributed by atoms with Crippen molar-refractivity contribution in [3.63, 3.8) is 0 Å². The highest BCUT2D eigenvalue weighted by Crippen LogP contribution is 2.46. The number of aryl methyl sites for hydroxylation is 1. The monoisotopic (exact) mass is 631 g/mol. The second kappa shape index (κ2) is 10.6. The Morgan fingerprint density at radius 3 is 2.19 bits per heavy atom. The van der Waals surface area contributed by atoms with E-state index in [1.807, 2.05) is 13.8 Å².